The van der Waals surface area contributed by atoms with Gasteiger partial charge in [-0.1, -0.05) is 22.9 Å². The highest BCUT2D eigenvalue weighted by Gasteiger charge is 2.22. The highest BCUT2D eigenvalue weighted by atomic mass is 35.5. The number of fused-ring (bicyclic) bond motifs is 1. The van der Waals surface area contributed by atoms with Crippen molar-refractivity contribution in [3.8, 4) is 0 Å². The maximum absolute atomic E-state index is 13.1. The molecule has 0 spiro atoms. The average Bonchev–Trinajstić information content (AvgIpc) is 2.97. The number of aromatic nitrogens is 1. The molecule has 3 aromatic rings. The molecule has 0 aliphatic carbocycles. The Morgan fingerprint density at radius 1 is 1.07 bits per heavy atom. The van der Waals surface area contributed by atoms with Crippen molar-refractivity contribution in [3.63, 3.8) is 0 Å². The topological polar surface area (TPSA) is 45.6 Å². The van der Waals surface area contributed by atoms with Gasteiger partial charge in [0, 0.05) is 36.9 Å². The molecule has 0 saturated carbocycles. The Morgan fingerprint density at radius 2 is 1.78 bits per heavy atom. The minimum Gasteiger partial charge on any atom is -0.368 e. The molecule has 1 saturated heterocycles. The third kappa shape index (κ3) is 3.70. The average molecular weight is 406 g/mol. The van der Waals surface area contributed by atoms with Gasteiger partial charge in [0.05, 0.1) is 10.2 Å². The number of carbonyl (C=O) groups excluding carboxylic acids is 1. The zero-order valence-corrected chi connectivity index (χ0v) is 16.0. The van der Waals surface area contributed by atoms with Crippen molar-refractivity contribution in [1.29, 1.82) is 0 Å². The number of piperazine rings is 1. The molecule has 2 heterocycles. The van der Waals surface area contributed by atoms with Crippen molar-refractivity contribution in [2.75, 3.05) is 31.1 Å². The zero-order chi connectivity index (χ0) is 19.0. The minimum atomic E-state index is -0.263. The Hall–Kier alpha value is -2.38. The Labute approximate surface area is 164 Å². The molecule has 1 aromatic heterocycles. The lowest BCUT2D eigenvalue weighted by molar-refractivity contribution is -0.132. The molecule has 0 radical (unpaired) electrons. The van der Waals surface area contributed by atoms with Crippen LogP contribution in [0.25, 0.3) is 10.2 Å². The lowest BCUT2D eigenvalue weighted by Crippen LogP contribution is -2.50. The van der Waals surface area contributed by atoms with Gasteiger partial charge in [-0.3, -0.25) is 14.2 Å². The van der Waals surface area contributed by atoms with Gasteiger partial charge in [-0.15, -0.1) is 0 Å². The van der Waals surface area contributed by atoms with Gasteiger partial charge in [-0.05, 0) is 42.5 Å². The summed E-state index contributed by atoms with van der Waals surface area (Å²) in [5.74, 6) is -0.350. The first kappa shape index (κ1) is 18.0. The van der Waals surface area contributed by atoms with Gasteiger partial charge < -0.3 is 9.80 Å². The summed E-state index contributed by atoms with van der Waals surface area (Å²) in [6, 6.07) is 11.6. The van der Waals surface area contributed by atoms with Crippen LogP contribution in [0.3, 0.4) is 0 Å². The molecule has 0 N–H and O–H groups in total. The number of nitrogens with zero attached hydrogens (tertiary/aromatic N) is 3. The van der Waals surface area contributed by atoms with Crippen LogP contribution in [0.2, 0.25) is 5.02 Å². The summed E-state index contributed by atoms with van der Waals surface area (Å²) in [5, 5.41) is 0.536. The molecule has 0 bridgehead atoms. The lowest BCUT2D eigenvalue weighted by atomic mass is 10.2. The Kier molecular flexibility index (Phi) is 4.88. The van der Waals surface area contributed by atoms with E-state index in [0.29, 0.717) is 36.7 Å². The zero-order valence-electron chi connectivity index (χ0n) is 14.4. The summed E-state index contributed by atoms with van der Waals surface area (Å²) >= 11 is 7.15. The Balaban J connectivity index is 1.44. The van der Waals surface area contributed by atoms with Crippen LogP contribution < -0.4 is 9.77 Å². The van der Waals surface area contributed by atoms with E-state index in [4.69, 9.17) is 11.6 Å². The van der Waals surface area contributed by atoms with Crippen LogP contribution in [0.4, 0.5) is 10.1 Å². The van der Waals surface area contributed by atoms with Gasteiger partial charge in [-0.2, -0.15) is 0 Å². The van der Waals surface area contributed by atoms with Crippen molar-refractivity contribution in [2.45, 2.75) is 6.54 Å². The van der Waals surface area contributed by atoms with Crippen molar-refractivity contribution < 1.29 is 9.18 Å². The first-order chi connectivity index (χ1) is 13.0. The van der Waals surface area contributed by atoms with E-state index < -0.39 is 0 Å². The monoisotopic (exact) mass is 405 g/mol. The molecule has 0 unspecified atom stereocenters. The number of hydrogen-bond donors (Lipinski definition) is 0. The van der Waals surface area contributed by atoms with Crippen LogP contribution in [0.15, 0.2) is 47.3 Å². The van der Waals surface area contributed by atoms with E-state index in [2.05, 4.69) is 4.90 Å². The van der Waals surface area contributed by atoms with Gasteiger partial charge >= 0.3 is 4.87 Å². The second-order valence-electron chi connectivity index (χ2n) is 6.41. The van der Waals surface area contributed by atoms with Crippen LogP contribution in [0.1, 0.15) is 0 Å². The van der Waals surface area contributed by atoms with E-state index in [9.17, 15) is 14.0 Å². The van der Waals surface area contributed by atoms with Gasteiger partial charge in [0.1, 0.15) is 12.4 Å². The van der Waals surface area contributed by atoms with Gasteiger partial charge in [0.15, 0.2) is 0 Å². The second kappa shape index (κ2) is 7.32. The quantitative estimate of drug-likeness (QED) is 0.672. The molecule has 1 fully saturated rings. The number of anilines is 1. The fourth-order valence-electron chi connectivity index (χ4n) is 3.29. The van der Waals surface area contributed by atoms with E-state index in [0.717, 1.165) is 21.7 Å². The summed E-state index contributed by atoms with van der Waals surface area (Å²) in [4.78, 5) is 28.7. The summed E-state index contributed by atoms with van der Waals surface area (Å²) in [6.45, 7) is 2.47. The number of hydrogen-bond acceptors (Lipinski definition) is 4. The van der Waals surface area contributed by atoms with E-state index in [-0.39, 0.29) is 23.1 Å². The normalized spacial score (nSPS) is 14.7. The van der Waals surface area contributed by atoms with Crippen LogP contribution in [-0.2, 0) is 11.3 Å². The van der Waals surface area contributed by atoms with E-state index in [1.807, 2.05) is 0 Å². The van der Waals surface area contributed by atoms with Crippen LogP contribution >= 0.6 is 22.9 Å². The van der Waals surface area contributed by atoms with Gasteiger partial charge in [0.2, 0.25) is 5.91 Å². The first-order valence-electron chi connectivity index (χ1n) is 8.58. The molecule has 1 amide bonds. The minimum absolute atomic E-state index is 0.00965. The Morgan fingerprint density at radius 3 is 2.48 bits per heavy atom. The molecule has 140 valence electrons. The number of benzene rings is 2. The van der Waals surface area contributed by atoms with E-state index in [1.165, 1.54) is 16.7 Å². The smallest absolute Gasteiger partial charge is 0.308 e. The lowest BCUT2D eigenvalue weighted by Gasteiger charge is -2.36. The van der Waals surface area contributed by atoms with Crippen molar-refractivity contribution in [3.05, 3.63) is 63.0 Å². The first-order valence-corrected chi connectivity index (χ1v) is 9.78. The molecular formula is C19H17ClFN3O2S. The van der Waals surface area contributed by atoms with Crippen molar-refractivity contribution in [2.24, 2.45) is 0 Å². The molecule has 1 aliphatic heterocycles. The fraction of sp³-hybridized carbons (Fsp3) is 0.263. The molecule has 1 aliphatic rings. The van der Waals surface area contributed by atoms with Crippen LogP contribution in [-0.4, -0.2) is 41.6 Å². The number of carbonyl (C=O) groups is 1. The van der Waals surface area contributed by atoms with E-state index in [1.54, 1.807) is 35.2 Å². The molecule has 4 rings (SSSR count). The predicted molar refractivity (Wildman–Crippen MR) is 106 cm³/mol. The number of thiazole rings is 1. The molecule has 0 atom stereocenters. The predicted octanol–water partition coefficient (Wildman–Crippen LogP) is 3.20. The largest absolute Gasteiger partial charge is 0.368 e. The number of amides is 1. The summed E-state index contributed by atoms with van der Waals surface area (Å²) in [5.41, 5.74) is 1.63. The molecule has 8 heteroatoms. The van der Waals surface area contributed by atoms with E-state index >= 15 is 0 Å². The van der Waals surface area contributed by atoms with Gasteiger partial charge in [-0.25, -0.2) is 4.39 Å². The standard InChI is InChI=1S/C19H17ClFN3O2S/c20-13-1-6-17-16(11-13)24(19(26)27-17)12-18(25)23-9-7-22(8-10-23)15-4-2-14(21)3-5-15/h1-6,11H,7-10,12H2. The maximum Gasteiger partial charge on any atom is 0.308 e. The highest BCUT2D eigenvalue weighted by molar-refractivity contribution is 7.16. The molecular weight excluding hydrogens is 389 g/mol. The summed E-state index contributed by atoms with van der Waals surface area (Å²) < 4.78 is 15.4. The highest BCUT2D eigenvalue weighted by Crippen LogP contribution is 2.22. The summed E-state index contributed by atoms with van der Waals surface area (Å²) in [6.07, 6.45) is 0. The maximum atomic E-state index is 13.1. The Bertz CT molecular complexity index is 1040. The van der Waals surface area contributed by atoms with Crippen LogP contribution in [0.5, 0.6) is 0 Å². The van der Waals surface area contributed by atoms with Crippen LogP contribution in [0, 0.1) is 5.82 Å². The number of rotatable bonds is 3. The third-order valence-electron chi connectivity index (χ3n) is 4.75. The second-order valence-corrected chi connectivity index (χ2v) is 7.84. The molecule has 27 heavy (non-hydrogen) atoms. The van der Waals surface area contributed by atoms with Crippen molar-refractivity contribution in [1.82, 2.24) is 9.47 Å². The van der Waals surface area contributed by atoms with Gasteiger partial charge in [0.25, 0.3) is 0 Å². The summed E-state index contributed by atoms with van der Waals surface area (Å²) in [7, 11) is 0. The SMILES string of the molecule is O=C(Cn1c(=O)sc2ccc(Cl)cc21)N1CCN(c2ccc(F)cc2)CC1. The number of halogens is 2. The third-order valence-corrected chi connectivity index (χ3v) is 5.94. The fourth-order valence-corrected chi connectivity index (χ4v) is 4.32. The molecule has 5 nitrogen and oxygen atoms in total. The van der Waals surface area contributed by atoms with Crippen molar-refractivity contribution >= 4 is 44.7 Å². The molecule has 2 aromatic carbocycles.